The second kappa shape index (κ2) is 6.29. The molecule has 0 heterocycles. The van der Waals surface area contributed by atoms with Crippen molar-refractivity contribution >= 4 is 23.1 Å². The lowest BCUT2D eigenvalue weighted by molar-refractivity contribution is -0.386. The van der Waals surface area contributed by atoms with Gasteiger partial charge in [0, 0.05) is 7.05 Å². The molecule has 0 radical (unpaired) electrons. The van der Waals surface area contributed by atoms with Crippen LogP contribution in [0.3, 0.4) is 0 Å². The summed E-state index contributed by atoms with van der Waals surface area (Å²) in [5, 5.41) is 14.1. The molecule has 0 aliphatic rings. The monoisotopic (exact) mass is 290 g/mol. The zero-order valence-corrected chi connectivity index (χ0v) is 11.9. The molecular weight excluding hydrogens is 276 g/mol. The molecule has 0 unspecified atom stereocenters. The highest BCUT2D eigenvalue weighted by molar-refractivity contribution is 7.99. The van der Waals surface area contributed by atoms with Crippen LogP contribution in [0.2, 0.25) is 0 Å². The van der Waals surface area contributed by atoms with Gasteiger partial charge >= 0.3 is 5.69 Å². The Kier molecular flexibility index (Phi) is 4.47. The van der Waals surface area contributed by atoms with Crippen LogP contribution in [0.15, 0.2) is 52.3 Å². The van der Waals surface area contributed by atoms with E-state index in [1.165, 1.54) is 11.8 Å². The van der Waals surface area contributed by atoms with Crippen molar-refractivity contribution in [1.82, 2.24) is 0 Å². The molecule has 6 heteroatoms. The minimum atomic E-state index is -0.371. The number of nitrogens with zero attached hydrogens (tertiary/aromatic N) is 1. The van der Waals surface area contributed by atoms with Crippen molar-refractivity contribution in [2.24, 2.45) is 0 Å². The van der Waals surface area contributed by atoms with Crippen molar-refractivity contribution in [1.29, 1.82) is 0 Å². The number of para-hydroxylation sites is 2. The molecule has 2 rings (SSSR count). The minimum absolute atomic E-state index is 0.0749. The van der Waals surface area contributed by atoms with Crippen LogP contribution in [-0.2, 0) is 0 Å². The van der Waals surface area contributed by atoms with E-state index in [1.807, 2.05) is 24.3 Å². The first-order valence-corrected chi connectivity index (χ1v) is 6.75. The third kappa shape index (κ3) is 2.85. The van der Waals surface area contributed by atoms with E-state index < -0.39 is 0 Å². The summed E-state index contributed by atoms with van der Waals surface area (Å²) < 4.78 is 5.27. The van der Waals surface area contributed by atoms with E-state index in [0.717, 1.165) is 4.90 Å². The Labute approximate surface area is 121 Å². The number of nitro groups is 1. The molecule has 0 spiro atoms. The van der Waals surface area contributed by atoms with Crippen LogP contribution in [0, 0.1) is 10.1 Å². The topological polar surface area (TPSA) is 64.4 Å². The molecule has 2 aromatic rings. The molecule has 0 aliphatic heterocycles. The average molecular weight is 290 g/mol. The summed E-state index contributed by atoms with van der Waals surface area (Å²) in [6, 6.07) is 12.6. The van der Waals surface area contributed by atoms with E-state index in [0.29, 0.717) is 16.3 Å². The van der Waals surface area contributed by atoms with Gasteiger partial charge in [-0.2, -0.15) is 0 Å². The van der Waals surface area contributed by atoms with Crippen molar-refractivity contribution < 1.29 is 9.66 Å². The molecule has 0 atom stereocenters. The molecule has 0 aromatic heterocycles. The number of nitro benzene ring substituents is 1. The zero-order chi connectivity index (χ0) is 14.5. The number of hydrogen-bond acceptors (Lipinski definition) is 5. The van der Waals surface area contributed by atoms with Crippen molar-refractivity contribution in [3.63, 3.8) is 0 Å². The lowest BCUT2D eigenvalue weighted by Crippen LogP contribution is -1.98. The van der Waals surface area contributed by atoms with Gasteiger partial charge in [-0.1, -0.05) is 30.0 Å². The molecule has 20 heavy (non-hydrogen) atoms. The largest absolute Gasteiger partial charge is 0.496 e. The van der Waals surface area contributed by atoms with E-state index in [9.17, 15) is 10.1 Å². The van der Waals surface area contributed by atoms with Gasteiger partial charge in [-0.15, -0.1) is 0 Å². The first-order valence-electron chi connectivity index (χ1n) is 5.93. The normalized spacial score (nSPS) is 10.1. The average Bonchev–Trinajstić information content (AvgIpc) is 2.47. The van der Waals surface area contributed by atoms with Gasteiger partial charge in [0.25, 0.3) is 0 Å². The van der Waals surface area contributed by atoms with E-state index >= 15 is 0 Å². The molecule has 0 aliphatic carbocycles. The minimum Gasteiger partial charge on any atom is -0.496 e. The first kappa shape index (κ1) is 14.2. The Morgan fingerprint density at radius 2 is 1.85 bits per heavy atom. The highest BCUT2D eigenvalue weighted by Gasteiger charge is 2.20. The summed E-state index contributed by atoms with van der Waals surface area (Å²) in [5.74, 6) is 0.696. The fourth-order valence-corrected chi connectivity index (χ4v) is 2.88. The van der Waals surface area contributed by atoms with Crippen molar-refractivity contribution in [2.45, 2.75) is 9.79 Å². The highest BCUT2D eigenvalue weighted by atomic mass is 32.2. The smallest absolute Gasteiger partial charge is 0.306 e. The second-order valence-corrected chi connectivity index (χ2v) is 5.00. The lowest BCUT2D eigenvalue weighted by Gasteiger charge is -2.09. The number of rotatable bonds is 5. The number of methoxy groups -OCH3 is 1. The molecule has 0 fully saturated rings. The standard InChI is InChI=1S/C14H14N2O3S/c1-15-10-6-5-9-13(14(10)16(17)18)20-12-8-4-3-7-11(12)19-2/h3-9,15H,1-2H3. The number of ether oxygens (including phenoxy) is 1. The third-order valence-electron chi connectivity index (χ3n) is 2.74. The van der Waals surface area contributed by atoms with E-state index in [1.54, 1.807) is 32.4 Å². The Balaban J connectivity index is 2.46. The van der Waals surface area contributed by atoms with Crippen molar-refractivity contribution in [3.05, 3.63) is 52.6 Å². The van der Waals surface area contributed by atoms with Crippen LogP contribution < -0.4 is 10.1 Å². The number of anilines is 1. The van der Waals surface area contributed by atoms with Gasteiger partial charge in [-0.3, -0.25) is 10.1 Å². The Bertz CT molecular complexity index is 632. The zero-order valence-electron chi connectivity index (χ0n) is 11.1. The lowest BCUT2D eigenvalue weighted by atomic mass is 10.2. The van der Waals surface area contributed by atoms with Gasteiger partial charge in [0.1, 0.15) is 11.4 Å². The van der Waals surface area contributed by atoms with Gasteiger partial charge in [-0.05, 0) is 24.3 Å². The Morgan fingerprint density at radius 1 is 1.15 bits per heavy atom. The fraction of sp³-hybridized carbons (Fsp3) is 0.143. The van der Waals surface area contributed by atoms with E-state index in [2.05, 4.69) is 5.32 Å². The summed E-state index contributed by atoms with van der Waals surface area (Å²) >= 11 is 1.32. The van der Waals surface area contributed by atoms with Crippen LogP contribution >= 0.6 is 11.8 Å². The molecule has 104 valence electrons. The summed E-state index contributed by atoms with van der Waals surface area (Å²) in [5.41, 5.74) is 0.570. The molecule has 0 saturated carbocycles. The summed E-state index contributed by atoms with van der Waals surface area (Å²) in [4.78, 5) is 12.3. The fourth-order valence-electron chi connectivity index (χ4n) is 1.82. The molecule has 0 amide bonds. The van der Waals surface area contributed by atoms with E-state index in [4.69, 9.17) is 4.74 Å². The van der Waals surface area contributed by atoms with Gasteiger partial charge in [-0.25, -0.2) is 0 Å². The predicted octanol–water partition coefficient (Wildman–Crippen LogP) is 3.80. The number of hydrogen-bond donors (Lipinski definition) is 1. The van der Waals surface area contributed by atoms with Crippen molar-refractivity contribution in [3.8, 4) is 5.75 Å². The van der Waals surface area contributed by atoms with E-state index in [-0.39, 0.29) is 10.6 Å². The van der Waals surface area contributed by atoms with Gasteiger partial charge in [0.15, 0.2) is 0 Å². The molecule has 5 nitrogen and oxygen atoms in total. The van der Waals surface area contributed by atoms with Crippen LogP contribution in [0.25, 0.3) is 0 Å². The Hall–Kier alpha value is -2.21. The van der Waals surface area contributed by atoms with Crippen LogP contribution in [0.1, 0.15) is 0 Å². The quantitative estimate of drug-likeness (QED) is 0.670. The van der Waals surface area contributed by atoms with Gasteiger partial charge in [0.2, 0.25) is 0 Å². The number of benzene rings is 2. The maximum absolute atomic E-state index is 11.3. The molecular formula is C14H14N2O3S. The maximum atomic E-state index is 11.3. The summed E-state index contributed by atoms with van der Waals surface area (Å²) in [7, 11) is 3.25. The SMILES string of the molecule is CNc1cccc(Sc2ccccc2OC)c1[N+](=O)[O-]. The van der Waals surface area contributed by atoms with Gasteiger partial charge < -0.3 is 10.1 Å². The van der Waals surface area contributed by atoms with Crippen LogP contribution in [0.5, 0.6) is 5.75 Å². The van der Waals surface area contributed by atoms with Gasteiger partial charge in [0.05, 0.1) is 21.8 Å². The highest BCUT2D eigenvalue weighted by Crippen LogP contribution is 2.41. The summed E-state index contributed by atoms with van der Waals surface area (Å²) in [6.07, 6.45) is 0. The van der Waals surface area contributed by atoms with Crippen LogP contribution in [-0.4, -0.2) is 19.1 Å². The molecule has 0 bridgehead atoms. The molecule has 1 N–H and O–H groups in total. The predicted molar refractivity (Wildman–Crippen MR) is 79.8 cm³/mol. The summed E-state index contributed by atoms with van der Waals surface area (Å²) in [6.45, 7) is 0. The third-order valence-corrected chi connectivity index (χ3v) is 3.85. The van der Waals surface area contributed by atoms with Crippen LogP contribution in [0.4, 0.5) is 11.4 Å². The Morgan fingerprint density at radius 3 is 2.50 bits per heavy atom. The number of nitrogens with one attached hydrogen (secondary N) is 1. The first-order chi connectivity index (χ1) is 9.67. The van der Waals surface area contributed by atoms with Crippen molar-refractivity contribution in [2.75, 3.05) is 19.5 Å². The molecule has 2 aromatic carbocycles. The second-order valence-electron chi connectivity index (χ2n) is 3.91. The maximum Gasteiger partial charge on any atom is 0.306 e. The molecule has 0 saturated heterocycles.